The molecule has 2 aliphatic heterocycles. The molecule has 2 aromatic rings. The smallest absolute Gasteiger partial charge is 0.317 e. The van der Waals surface area contributed by atoms with Gasteiger partial charge in [-0.3, -0.25) is 4.79 Å². The van der Waals surface area contributed by atoms with E-state index in [0.717, 1.165) is 31.1 Å². The van der Waals surface area contributed by atoms with Crippen molar-refractivity contribution >= 4 is 11.9 Å². The molecule has 10 heteroatoms. The van der Waals surface area contributed by atoms with Gasteiger partial charge in [0.05, 0.1) is 18.1 Å². The van der Waals surface area contributed by atoms with Crippen molar-refractivity contribution in [1.29, 1.82) is 0 Å². The van der Waals surface area contributed by atoms with Gasteiger partial charge in [-0.2, -0.15) is 0 Å². The minimum atomic E-state index is -1.06. The Morgan fingerprint density at radius 2 is 1.81 bits per heavy atom. The number of piperidine rings is 1. The van der Waals surface area contributed by atoms with Gasteiger partial charge in [-0.25, -0.2) is 13.6 Å². The van der Waals surface area contributed by atoms with Crippen LogP contribution in [0.4, 0.5) is 13.6 Å². The molecule has 230 valence electrons. The van der Waals surface area contributed by atoms with Gasteiger partial charge in [-0.1, -0.05) is 32.0 Å². The Morgan fingerprint density at radius 1 is 1.12 bits per heavy atom. The summed E-state index contributed by atoms with van der Waals surface area (Å²) in [6, 6.07) is 11.0. The van der Waals surface area contributed by atoms with E-state index in [0.29, 0.717) is 51.1 Å². The molecule has 0 aromatic heterocycles. The molecule has 0 bridgehead atoms. The fraction of sp³-hybridized carbons (Fsp3) is 0.562. The molecule has 0 aliphatic carbocycles. The minimum Gasteiger partial charge on any atom is -0.489 e. The molecule has 0 spiro atoms. The molecule has 8 nitrogen and oxygen atoms in total. The number of urea groups is 1. The third-order valence-electron chi connectivity index (χ3n) is 8.04. The van der Waals surface area contributed by atoms with Crippen LogP contribution in [-0.4, -0.2) is 83.9 Å². The van der Waals surface area contributed by atoms with Crippen molar-refractivity contribution in [2.75, 3.05) is 32.7 Å². The summed E-state index contributed by atoms with van der Waals surface area (Å²) in [5, 5.41) is 17.7. The Labute approximate surface area is 247 Å². The molecule has 0 saturated carbocycles. The van der Waals surface area contributed by atoms with E-state index in [9.17, 15) is 23.5 Å². The lowest BCUT2D eigenvalue weighted by Gasteiger charge is -2.37. The normalized spacial score (nSPS) is 21.9. The van der Waals surface area contributed by atoms with Gasteiger partial charge in [0, 0.05) is 51.3 Å². The molecule has 4 rings (SSSR count). The van der Waals surface area contributed by atoms with Crippen molar-refractivity contribution in [3.8, 4) is 5.75 Å². The van der Waals surface area contributed by atoms with Crippen LogP contribution in [0.1, 0.15) is 51.5 Å². The molecule has 2 fully saturated rings. The molecule has 2 aliphatic rings. The van der Waals surface area contributed by atoms with Crippen LogP contribution in [0.5, 0.6) is 5.75 Å². The van der Waals surface area contributed by atoms with Gasteiger partial charge in [-0.15, -0.1) is 0 Å². The Bertz CT molecular complexity index is 1140. The predicted molar refractivity (Wildman–Crippen MR) is 157 cm³/mol. The van der Waals surface area contributed by atoms with E-state index >= 15 is 0 Å². The first kappa shape index (κ1) is 31.7. The Morgan fingerprint density at radius 3 is 2.48 bits per heavy atom. The van der Waals surface area contributed by atoms with E-state index < -0.39 is 35.9 Å². The maximum atomic E-state index is 14.0. The topological polar surface area (TPSA) is 94.1 Å². The average Bonchev–Trinajstić information content (AvgIpc) is 3.44. The summed E-state index contributed by atoms with van der Waals surface area (Å²) in [6.45, 7) is 6.76. The minimum absolute atomic E-state index is 0.0287. The number of amides is 3. The average molecular weight is 587 g/mol. The number of nitrogens with zero attached hydrogens (tertiary/aromatic N) is 2. The van der Waals surface area contributed by atoms with Crippen LogP contribution in [0.15, 0.2) is 48.5 Å². The number of carbonyl (C=O) groups is 2. The number of likely N-dealkylation sites (tertiary alicyclic amines) is 1. The maximum Gasteiger partial charge on any atom is 0.317 e. The Kier molecular flexibility index (Phi) is 11.5. The third-order valence-corrected chi connectivity index (χ3v) is 8.04. The monoisotopic (exact) mass is 586 g/mol. The summed E-state index contributed by atoms with van der Waals surface area (Å²) in [5.41, 5.74) is 0.327. The van der Waals surface area contributed by atoms with E-state index in [1.165, 1.54) is 12.1 Å². The van der Waals surface area contributed by atoms with Gasteiger partial charge in [0.15, 0.2) is 0 Å². The zero-order valence-corrected chi connectivity index (χ0v) is 24.6. The second-order valence-corrected chi connectivity index (χ2v) is 11.4. The predicted octanol–water partition coefficient (Wildman–Crippen LogP) is 4.12. The Balaban J connectivity index is 1.45. The van der Waals surface area contributed by atoms with Crippen LogP contribution in [0.2, 0.25) is 0 Å². The van der Waals surface area contributed by atoms with Crippen molar-refractivity contribution in [3.63, 3.8) is 0 Å². The van der Waals surface area contributed by atoms with Gasteiger partial charge in [0.25, 0.3) is 0 Å². The van der Waals surface area contributed by atoms with Crippen molar-refractivity contribution < 1.29 is 28.2 Å². The molecule has 0 radical (unpaired) electrons. The zero-order valence-electron chi connectivity index (χ0n) is 24.6. The number of halogens is 2. The quantitative estimate of drug-likeness (QED) is 0.348. The number of aliphatic hydroxyl groups is 1. The van der Waals surface area contributed by atoms with Crippen LogP contribution < -0.4 is 15.4 Å². The van der Waals surface area contributed by atoms with Crippen LogP contribution in [0.25, 0.3) is 0 Å². The number of ether oxygens (including phenoxy) is 1. The number of carbonyl (C=O) groups excluding carboxylic acids is 2. The van der Waals surface area contributed by atoms with Gasteiger partial charge in [-0.05, 0) is 61.9 Å². The van der Waals surface area contributed by atoms with Gasteiger partial charge >= 0.3 is 6.03 Å². The van der Waals surface area contributed by atoms with Crippen LogP contribution in [0.3, 0.4) is 0 Å². The first-order valence-corrected chi connectivity index (χ1v) is 15.2. The molecule has 42 heavy (non-hydrogen) atoms. The van der Waals surface area contributed by atoms with Crippen molar-refractivity contribution in [2.45, 2.75) is 76.7 Å². The maximum absolute atomic E-state index is 14.0. The molecule has 2 saturated heterocycles. The molecule has 3 N–H and O–H groups in total. The number of aliphatic hydroxyl groups excluding tert-OH is 1. The summed E-state index contributed by atoms with van der Waals surface area (Å²) in [7, 11) is 0. The van der Waals surface area contributed by atoms with E-state index in [-0.39, 0.29) is 24.3 Å². The number of rotatable bonds is 12. The van der Waals surface area contributed by atoms with Crippen LogP contribution in [-0.2, 0) is 11.2 Å². The summed E-state index contributed by atoms with van der Waals surface area (Å²) in [5.74, 6) is -0.926. The molecule has 5 atom stereocenters. The highest BCUT2D eigenvalue weighted by atomic mass is 19.1. The number of hydrogen-bond acceptors (Lipinski definition) is 5. The van der Waals surface area contributed by atoms with Crippen LogP contribution >= 0.6 is 0 Å². The molecule has 2 heterocycles. The fourth-order valence-electron chi connectivity index (χ4n) is 6.04. The van der Waals surface area contributed by atoms with Crippen molar-refractivity contribution in [3.05, 3.63) is 65.7 Å². The van der Waals surface area contributed by atoms with Gasteiger partial charge in [0.2, 0.25) is 5.91 Å². The van der Waals surface area contributed by atoms with E-state index in [1.54, 1.807) is 4.90 Å². The van der Waals surface area contributed by atoms with Gasteiger partial charge < -0.3 is 30.3 Å². The molecule has 3 amide bonds. The summed E-state index contributed by atoms with van der Waals surface area (Å²) in [6.07, 6.45) is 2.43. The summed E-state index contributed by atoms with van der Waals surface area (Å²) >= 11 is 0. The standard InChI is InChI=1S/C32H44F2N4O4/c1-3-12-37(13-4-2)31(40)23-9-8-14-38(21-23)32(41)36-29(17-22-15-24(33)18-25(34)16-22)30(39)28-19-27(20-35-28)42-26-10-6-5-7-11-26/h5-7,10-11,15-16,18,23,27-30,35,39H,3-4,8-9,12-14,17,19-21H2,1-2H3,(H,36,41)/t23-,27-,28-,29+,30-/m1/s1. The van der Waals surface area contributed by atoms with E-state index in [2.05, 4.69) is 10.6 Å². The summed E-state index contributed by atoms with van der Waals surface area (Å²) < 4.78 is 34.1. The first-order valence-electron chi connectivity index (χ1n) is 15.2. The highest BCUT2D eigenvalue weighted by Crippen LogP contribution is 2.23. The van der Waals surface area contributed by atoms with Crippen LogP contribution in [0, 0.1) is 17.6 Å². The lowest BCUT2D eigenvalue weighted by molar-refractivity contribution is -0.137. The molecular formula is C32H44F2N4O4. The summed E-state index contributed by atoms with van der Waals surface area (Å²) in [4.78, 5) is 30.3. The van der Waals surface area contributed by atoms with Gasteiger partial charge in [0.1, 0.15) is 23.5 Å². The lowest BCUT2D eigenvalue weighted by Crippen LogP contribution is -2.57. The second-order valence-electron chi connectivity index (χ2n) is 11.4. The Hall–Kier alpha value is -3.24. The fourth-order valence-corrected chi connectivity index (χ4v) is 6.04. The highest BCUT2D eigenvalue weighted by molar-refractivity contribution is 5.81. The van der Waals surface area contributed by atoms with E-state index in [1.807, 2.05) is 49.1 Å². The number of hydrogen-bond donors (Lipinski definition) is 3. The number of para-hydroxylation sites is 1. The van der Waals surface area contributed by atoms with E-state index in [4.69, 9.17) is 4.74 Å². The molecular weight excluding hydrogens is 542 g/mol. The zero-order chi connectivity index (χ0) is 30.1. The number of nitrogens with one attached hydrogen (secondary N) is 2. The molecule has 0 unspecified atom stereocenters. The lowest BCUT2D eigenvalue weighted by atomic mass is 9.94. The first-order chi connectivity index (χ1) is 20.3. The SMILES string of the molecule is CCCN(CCC)C(=O)[C@@H]1CCCN(C(=O)N[C@@H](Cc2cc(F)cc(F)c2)[C@H](O)[C@H]2C[C@@H](Oc3ccccc3)CN2)C1. The largest absolute Gasteiger partial charge is 0.489 e. The molecule has 2 aromatic carbocycles. The second kappa shape index (κ2) is 15.3. The third kappa shape index (κ3) is 8.64. The van der Waals surface area contributed by atoms with Crippen molar-refractivity contribution in [1.82, 2.24) is 20.4 Å². The van der Waals surface area contributed by atoms with Crippen molar-refractivity contribution in [2.24, 2.45) is 5.92 Å². The number of benzene rings is 2. The highest BCUT2D eigenvalue weighted by Gasteiger charge is 2.37.